The first kappa shape index (κ1) is 16.0. The van der Waals surface area contributed by atoms with E-state index in [1.165, 1.54) is 5.56 Å². The minimum atomic E-state index is 0.153. The summed E-state index contributed by atoms with van der Waals surface area (Å²) in [6.45, 7) is 2.13. The molecule has 0 saturated heterocycles. The average Bonchev–Trinajstić information content (AvgIpc) is 2.59. The van der Waals surface area contributed by atoms with Crippen molar-refractivity contribution in [2.24, 2.45) is 0 Å². The van der Waals surface area contributed by atoms with E-state index in [2.05, 4.69) is 19.1 Å². The van der Waals surface area contributed by atoms with Crippen molar-refractivity contribution in [2.45, 2.75) is 12.8 Å². The monoisotopic (exact) mass is 302 g/mol. The second kappa shape index (κ2) is 7.07. The Morgan fingerprint density at radius 1 is 0.682 bits per heavy atom. The lowest BCUT2D eigenvalue weighted by molar-refractivity contribution is 0.347. The molecule has 0 fully saturated rings. The van der Waals surface area contributed by atoms with Crippen LogP contribution in [0.5, 0.6) is 23.0 Å². The van der Waals surface area contributed by atoms with Crippen molar-refractivity contribution >= 4 is 0 Å². The summed E-state index contributed by atoms with van der Waals surface area (Å²) in [5.41, 5.74) is 2.22. The fraction of sp³-hybridized carbons (Fsp3) is 0.333. The fourth-order valence-electron chi connectivity index (χ4n) is 2.46. The quantitative estimate of drug-likeness (QED) is 0.811. The molecule has 0 spiro atoms. The third kappa shape index (κ3) is 3.11. The van der Waals surface area contributed by atoms with Gasteiger partial charge in [0.25, 0.3) is 0 Å². The molecule has 0 radical (unpaired) electrons. The molecule has 1 atom stereocenters. The highest BCUT2D eigenvalue weighted by molar-refractivity contribution is 5.53. The molecule has 22 heavy (non-hydrogen) atoms. The molecule has 4 nitrogen and oxygen atoms in total. The summed E-state index contributed by atoms with van der Waals surface area (Å²) in [6, 6.07) is 11.8. The maximum absolute atomic E-state index is 5.51. The lowest BCUT2D eigenvalue weighted by Crippen LogP contribution is -2.02. The lowest BCUT2D eigenvalue weighted by atomic mass is 9.92. The van der Waals surface area contributed by atoms with E-state index in [0.29, 0.717) is 11.5 Å². The molecule has 0 aliphatic heterocycles. The van der Waals surface area contributed by atoms with Crippen LogP contribution in [0, 0.1) is 0 Å². The first-order valence-corrected chi connectivity index (χ1v) is 7.08. The Kier molecular flexibility index (Phi) is 5.15. The Balaban J connectivity index is 2.44. The summed E-state index contributed by atoms with van der Waals surface area (Å²) in [4.78, 5) is 0. The van der Waals surface area contributed by atoms with Crippen LogP contribution in [-0.2, 0) is 0 Å². The predicted octanol–water partition coefficient (Wildman–Crippen LogP) is 3.87. The molecule has 118 valence electrons. The van der Waals surface area contributed by atoms with E-state index in [1.807, 2.05) is 24.3 Å². The average molecular weight is 302 g/mol. The van der Waals surface area contributed by atoms with Crippen LogP contribution in [0.25, 0.3) is 0 Å². The molecular formula is C18H22O4. The molecule has 2 aromatic carbocycles. The zero-order chi connectivity index (χ0) is 16.1. The van der Waals surface area contributed by atoms with Crippen LogP contribution in [-0.4, -0.2) is 28.4 Å². The second-order valence-corrected chi connectivity index (χ2v) is 4.94. The second-order valence-electron chi connectivity index (χ2n) is 4.94. The van der Waals surface area contributed by atoms with E-state index in [9.17, 15) is 0 Å². The molecule has 2 rings (SSSR count). The first-order chi connectivity index (χ1) is 10.6. The van der Waals surface area contributed by atoms with Gasteiger partial charge in [0.2, 0.25) is 0 Å². The number of rotatable bonds is 6. The highest BCUT2D eigenvalue weighted by Gasteiger charge is 2.18. The minimum Gasteiger partial charge on any atom is -0.497 e. The molecule has 0 N–H and O–H groups in total. The van der Waals surface area contributed by atoms with E-state index in [0.717, 1.165) is 17.1 Å². The van der Waals surface area contributed by atoms with Crippen molar-refractivity contribution in [2.75, 3.05) is 28.4 Å². The lowest BCUT2D eigenvalue weighted by Gasteiger charge is -2.19. The van der Waals surface area contributed by atoms with Crippen LogP contribution in [0.4, 0.5) is 0 Å². The number of methoxy groups -OCH3 is 4. The van der Waals surface area contributed by atoms with Gasteiger partial charge < -0.3 is 18.9 Å². The van der Waals surface area contributed by atoms with Gasteiger partial charge in [0, 0.05) is 17.5 Å². The smallest absolute Gasteiger partial charge is 0.164 e. The van der Waals surface area contributed by atoms with Gasteiger partial charge in [-0.05, 0) is 23.8 Å². The Bertz CT molecular complexity index is 620. The van der Waals surface area contributed by atoms with E-state index in [4.69, 9.17) is 18.9 Å². The van der Waals surface area contributed by atoms with Crippen molar-refractivity contribution in [3.8, 4) is 23.0 Å². The Labute approximate surface area is 131 Å². The molecule has 0 amide bonds. The molecule has 4 heteroatoms. The van der Waals surface area contributed by atoms with Crippen LogP contribution >= 0.6 is 0 Å². The van der Waals surface area contributed by atoms with E-state index < -0.39 is 0 Å². The summed E-state index contributed by atoms with van der Waals surface area (Å²) in [5, 5.41) is 0. The zero-order valence-electron chi connectivity index (χ0n) is 13.7. The van der Waals surface area contributed by atoms with Gasteiger partial charge >= 0.3 is 0 Å². The predicted molar refractivity (Wildman–Crippen MR) is 86.6 cm³/mol. The topological polar surface area (TPSA) is 36.9 Å². The van der Waals surface area contributed by atoms with Crippen molar-refractivity contribution in [1.82, 2.24) is 0 Å². The zero-order valence-corrected chi connectivity index (χ0v) is 13.7. The summed E-state index contributed by atoms with van der Waals surface area (Å²) < 4.78 is 21.4. The van der Waals surface area contributed by atoms with Crippen molar-refractivity contribution in [1.29, 1.82) is 0 Å². The van der Waals surface area contributed by atoms with Gasteiger partial charge in [0.05, 0.1) is 28.4 Å². The number of ether oxygens (including phenoxy) is 4. The maximum Gasteiger partial charge on any atom is 0.164 e. The molecule has 0 saturated carbocycles. The van der Waals surface area contributed by atoms with Crippen LogP contribution in [0.3, 0.4) is 0 Å². The normalized spacial score (nSPS) is 11.7. The number of hydrogen-bond acceptors (Lipinski definition) is 4. The Morgan fingerprint density at radius 3 is 1.73 bits per heavy atom. The van der Waals surface area contributed by atoms with Gasteiger partial charge in [-0.1, -0.05) is 19.1 Å². The summed E-state index contributed by atoms with van der Waals surface area (Å²) >= 11 is 0. The van der Waals surface area contributed by atoms with E-state index in [1.54, 1.807) is 28.4 Å². The van der Waals surface area contributed by atoms with Crippen LogP contribution in [0.15, 0.2) is 36.4 Å². The Hall–Kier alpha value is -2.36. The van der Waals surface area contributed by atoms with Crippen molar-refractivity contribution in [3.05, 3.63) is 47.5 Å². The molecular weight excluding hydrogens is 280 g/mol. The van der Waals surface area contributed by atoms with Crippen molar-refractivity contribution in [3.63, 3.8) is 0 Å². The SMILES string of the molecule is COc1ccc(C(C)c2cc(OC)c(OC)cc2OC)cc1. The summed E-state index contributed by atoms with van der Waals surface area (Å²) in [5.74, 6) is 3.13. The highest BCUT2D eigenvalue weighted by Crippen LogP contribution is 2.40. The number of benzene rings is 2. The van der Waals surface area contributed by atoms with Crippen molar-refractivity contribution < 1.29 is 18.9 Å². The largest absolute Gasteiger partial charge is 0.497 e. The van der Waals surface area contributed by atoms with Gasteiger partial charge in [-0.3, -0.25) is 0 Å². The van der Waals surface area contributed by atoms with Gasteiger partial charge in [0.1, 0.15) is 11.5 Å². The third-order valence-corrected chi connectivity index (χ3v) is 3.82. The van der Waals surface area contributed by atoms with Gasteiger partial charge in [-0.15, -0.1) is 0 Å². The highest BCUT2D eigenvalue weighted by atomic mass is 16.5. The minimum absolute atomic E-state index is 0.153. The molecule has 0 heterocycles. The molecule has 0 aliphatic rings. The van der Waals surface area contributed by atoms with Gasteiger partial charge in [0.15, 0.2) is 11.5 Å². The molecule has 0 aliphatic carbocycles. The molecule has 2 aromatic rings. The van der Waals surface area contributed by atoms with Crippen LogP contribution in [0.2, 0.25) is 0 Å². The fourth-order valence-corrected chi connectivity index (χ4v) is 2.46. The maximum atomic E-state index is 5.51. The van der Waals surface area contributed by atoms with Crippen LogP contribution in [0.1, 0.15) is 24.0 Å². The van der Waals surface area contributed by atoms with E-state index in [-0.39, 0.29) is 5.92 Å². The van der Waals surface area contributed by atoms with E-state index >= 15 is 0 Å². The molecule has 1 unspecified atom stereocenters. The van der Waals surface area contributed by atoms with Gasteiger partial charge in [-0.25, -0.2) is 0 Å². The standard InChI is InChI=1S/C18H22O4/c1-12(13-6-8-14(19-2)9-7-13)15-10-17(21-4)18(22-5)11-16(15)20-3/h6-12H,1-5H3. The summed E-state index contributed by atoms with van der Waals surface area (Å²) in [6.07, 6.45) is 0. The molecule has 0 bridgehead atoms. The Morgan fingerprint density at radius 2 is 1.23 bits per heavy atom. The van der Waals surface area contributed by atoms with Crippen LogP contribution < -0.4 is 18.9 Å². The third-order valence-electron chi connectivity index (χ3n) is 3.82. The summed E-state index contributed by atoms with van der Waals surface area (Å²) in [7, 11) is 6.57. The number of hydrogen-bond donors (Lipinski definition) is 0. The molecule has 0 aromatic heterocycles. The first-order valence-electron chi connectivity index (χ1n) is 7.08. The van der Waals surface area contributed by atoms with Gasteiger partial charge in [-0.2, -0.15) is 0 Å².